The summed E-state index contributed by atoms with van der Waals surface area (Å²) in [7, 11) is -1.54. The molecule has 2 aromatic rings. The molecular formula is C20H20N2O4S2. The second-order valence-corrected chi connectivity index (χ2v) is 10.3. The van der Waals surface area contributed by atoms with Crippen LogP contribution in [0.4, 0.5) is 5.69 Å². The summed E-state index contributed by atoms with van der Waals surface area (Å²) < 4.78 is 29.4. The minimum absolute atomic E-state index is 0.0743. The standard InChI is InChI=1S/C20H20N2O4S2/c1-13-6-8-15(9-7-13)22-17-11-28(24,25)12-18(17)27-20(22)21-19(23)14-4-3-5-16(10-14)26-2/h3-10,17-18H,11-12H2,1-2H3. The number of carbonyl (C=O) groups excluding carboxylic acids is 1. The predicted molar refractivity (Wildman–Crippen MR) is 112 cm³/mol. The van der Waals surface area contributed by atoms with Gasteiger partial charge >= 0.3 is 0 Å². The molecule has 2 aromatic carbocycles. The first-order chi connectivity index (χ1) is 13.4. The van der Waals surface area contributed by atoms with Crippen molar-refractivity contribution in [3.05, 3.63) is 59.7 Å². The van der Waals surface area contributed by atoms with Crippen LogP contribution < -0.4 is 9.64 Å². The second kappa shape index (κ2) is 7.25. The van der Waals surface area contributed by atoms with E-state index in [-0.39, 0.29) is 28.7 Å². The molecule has 2 atom stereocenters. The van der Waals surface area contributed by atoms with Gasteiger partial charge in [-0.15, -0.1) is 0 Å². The van der Waals surface area contributed by atoms with Crippen molar-refractivity contribution in [3.63, 3.8) is 0 Å². The van der Waals surface area contributed by atoms with Gasteiger partial charge in [-0.25, -0.2) is 8.42 Å². The van der Waals surface area contributed by atoms with Gasteiger partial charge in [-0.2, -0.15) is 4.99 Å². The van der Waals surface area contributed by atoms with Crippen LogP contribution >= 0.6 is 11.8 Å². The largest absolute Gasteiger partial charge is 0.497 e. The molecule has 8 heteroatoms. The Morgan fingerprint density at radius 3 is 2.64 bits per heavy atom. The van der Waals surface area contributed by atoms with Crippen molar-refractivity contribution in [2.24, 2.45) is 4.99 Å². The van der Waals surface area contributed by atoms with Crippen molar-refractivity contribution in [2.75, 3.05) is 23.5 Å². The van der Waals surface area contributed by atoms with Crippen LogP contribution in [0.3, 0.4) is 0 Å². The van der Waals surface area contributed by atoms with E-state index in [1.165, 1.54) is 11.8 Å². The molecule has 146 valence electrons. The van der Waals surface area contributed by atoms with E-state index < -0.39 is 9.84 Å². The van der Waals surface area contributed by atoms with Crippen molar-refractivity contribution in [2.45, 2.75) is 18.2 Å². The van der Waals surface area contributed by atoms with E-state index in [2.05, 4.69) is 4.99 Å². The van der Waals surface area contributed by atoms with Gasteiger partial charge in [0.2, 0.25) is 0 Å². The molecule has 0 radical (unpaired) electrons. The van der Waals surface area contributed by atoms with Gasteiger partial charge in [0.25, 0.3) is 5.91 Å². The van der Waals surface area contributed by atoms with Crippen LogP contribution in [0.15, 0.2) is 53.5 Å². The van der Waals surface area contributed by atoms with E-state index >= 15 is 0 Å². The van der Waals surface area contributed by atoms with E-state index in [4.69, 9.17) is 4.74 Å². The Morgan fingerprint density at radius 2 is 1.93 bits per heavy atom. The molecule has 1 amide bonds. The van der Waals surface area contributed by atoms with Crippen LogP contribution in [0.5, 0.6) is 5.75 Å². The molecule has 2 saturated heterocycles. The Labute approximate surface area is 168 Å². The summed E-state index contributed by atoms with van der Waals surface area (Å²) in [5.74, 6) is 0.395. The first kappa shape index (κ1) is 19.0. The number of methoxy groups -OCH3 is 1. The lowest BCUT2D eigenvalue weighted by atomic mass is 10.1. The summed E-state index contributed by atoms with van der Waals surface area (Å²) in [5.41, 5.74) is 2.39. The Balaban J connectivity index is 1.71. The van der Waals surface area contributed by atoms with Crippen molar-refractivity contribution in [1.29, 1.82) is 0 Å². The molecule has 2 heterocycles. The zero-order valence-corrected chi connectivity index (χ0v) is 17.2. The fourth-order valence-corrected chi connectivity index (χ4v) is 7.39. The van der Waals surface area contributed by atoms with Crippen molar-refractivity contribution < 1.29 is 17.9 Å². The molecule has 0 aliphatic carbocycles. The number of fused-ring (bicyclic) bond motifs is 1. The minimum atomic E-state index is -3.09. The first-order valence-electron chi connectivity index (χ1n) is 8.86. The number of hydrogen-bond acceptors (Lipinski definition) is 5. The molecule has 2 aliphatic rings. The fourth-order valence-electron chi connectivity index (χ4n) is 3.48. The highest BCUT2D eigenvalue weighted by atomic mass is 32.2. The third-order valence-electron chi connectivity index (χ3n) is 4.89. The molecule has 0 aromatic heterocycles. The average Bonchev–Trinajstić information content (AvgIpc) is 3.13. The molecule has 2 fully saturated rings. The lowest BCUT2D eigenvalue weighted by Gasteiger charge is -2.24. The zero-order valence-electron chi connectivity index (χ0n) is 15.5. The summed E-state index contributed by atoms with van der Waals surface area (Å²) in [4.78, 5) is 19.0. The van der Waals surface area contributed by atoms with Gasteiger partial charge in [-0.05, 0) is 37.3 Å². The zero-order chi connectivity index (χ0) is 19.9. The summed E-state index contributed by atoms with van der Waals surface area (Å²) in [6.45, 7) is 1.99. The van der Waals surface area contributed by atoms with Crippen molar-refractivity contribution in [1.82, 2.24) is 0 Å². The third-order valence-corrected chi connectivity index (χ3v) is 8.10. The normalized spacial score (nSPS) is 24.4. The number of sulfone groups is 1. The summed E-state index contributed by atoms with van der Waals surface area (Å²) in [5, 5.41) is 0.421. The van der Waals surface area contributed by atoms with E-state index in [1.54, 1.807) is 31.4 Å². The fraction of sp³-hybridized carbons (Fsp3) is 0.300. The average molecular weight is 417 g/mol. The highest BCUT2D eigenvalue weighted by molar-refractivity contribution is 8.16. The van der Waals surface area contributed by atoms with Gasteiger partial charge in [-0.3, -0.25) is 4.79 Å². The Morgan fingerprint density at radius 1 is 1.18 bits per heavy atom. The third kappa shape index (κ3) is 3.66. The maximum absolute atomic E-state index is 12.7. The van der Waals surface area contributed by atoms with Gasteiger partial charge in [0.1, 0.15) is 5.75 Å². The Hall–Kier alpha value is -2.32. The monoisotopic (exact) mass is 416 g/mol. The smallest absolute Gasteiger partial charge is 0.279 e. The number of thioether (sulfide) groups is 1. The van der Waals surface area contributed by atoms with E-state index in [0.29, 0.717) is 16.5 Å². The van der Waals surface area contributed by atoms with E-state index in [0.717, 1.165) is 11.3 Å². The number of hydrogen-bond donors (Lipinski definition) is 0. The SMILES string of the molecule is COc1cccc(C(=O)N=C2SC3CS(=O)(=O)CC3N2c2ccc(C)cc2)c1. The summed E-state index contributed by atoms with van der Waals surface area (Å²) in [6.07, 6.45) is 0. The molecule has 2 unspecified atom stereocenters. The maximum Gasteiger partial charge on any atom is 0.279 e. The molecule has 4 rings (SSSR count). The van der Waals surface area contributed by atoms with Crippen LogP contribution in [0.1, 0.15) is 15.9 Å². The molecule has 2 aliphatic heterocycles. The van der Waals surface area contributed by atoms with Gasteiger partial charge in [0.15, 0.2) is 15.0 Å². The van der Waals surface area contributed by atoms with Gasteiger partial charge in [0.05, 0.1) is 24.7 Å². The quantitative estimate of drug-likeness (QED) is 0.766. The molecule has 6 nitrogen and oxygen atoms in total. The Bertz CT molecular complexity index is 1050. The number of carbonyl (C=O) groups is 1. The van der Waals surface area contributed by atoms with Crippen LogP contribution in [0.25, 0.3) is 0 Å². The Kier molecular flexibility index (Phi) is 4.93. The van der Waals surface area contributed by atoms with Gasteiger partial charge in [0, 0.05) is 16.5 Å². The number of nitrogens with zero attached hydrogens (tertiary/aromatic N) is 2. The molecule has 0 saturated carbocycles. The number of rotatable bonds is 3. The molecule has 28 heavy (non-hydrogen) atoms. The maximum atomic E-state index is 12.7. The van der Waals surface area contributed by atoms with Crippen LogP contribution in [-0.4, -0.2) is 49.4 Å². The summed E-state index contributed by atoms with van der Waals surface area (Å²) in [6, 6.07) is 14.5. The van der Waals surface area contributed by atoms with Crippen LogP contribution in [-0.2, 0) is 9.84 Å². The van der Waals surface area contributed by atoms with Gasteiger partial charge < -0.3 is 9.64 Å². The number of amides is 1. The van der Waals surface area contributed by atoms with Crippen LogP contribution in [0, 0.1) is 6.92 Å². The second-order valence-electron chi connectivity index (χ2n) is 6.94. The number of amidine groups is 1. The predicted octanol–water partition coefficient (Wildman–Crippen LogP) is 2.92. The molecule has 0 N–H and O–H groups in total. The number of benzene rings is 2. The summed E-state index contributed by atoms with van der Waals surface area (Å²) >= 11 is 1.37. The van der Waals surface area contributed by atoms with Crippen molar-refractivity contribution in [3.8, 4) is 5.75 Å². The molecule has 0 bridgehead atoms. The molecular weight excluding hydrogens is 396 g/mol. The number of aryl methyl sites for hydroxylation is 1. The number of ether oxygens (including phenoxy) is 1. The number of aliphatic imine (C=N–C) groups is 1. The topological polar surface area (TPSA) is 76.0 Å². The van der Waals surface area contributed by atoms with Crippen molar-refractivity contribution >= 4 is 38.4 Å². The van der Waals surface area contributed by atoms with E-state index in [9.17, 15) is 13.2 Å². The first-order valence-corrected chi connectivity index (χ1v) is 11.6. The highest BCUT2D eigenvalue weighted by Gasteiger charge is 2.49. The van der Waals surface area contributed by atoms with E-state index in [1.807, 2.05) is 36.1 Å². The minimum Gasteiger partial charge on any atom is -0.497 e. The van der Waals surface area contributed by atoms with Gasteiger partial charge in [-0.1, -0.05) is 35.5 Å². The lowest BCUT2D eigenvalue weighted by Crippen LogP contribution is -2.37. The molecule has 0 spiro atoms. The lowest BCUT2D eigenvalue weighted by molar-refractivity contribution is 0.100. The number of anilines is 1. The highest BCUT2D eigenvalue weighted by Crippen LogP contribution is 2.41. The van der Waals surface area contributed by atoms with Crippen LogP contribution in [0.2, 0.25) is 0 Å².